The van der Waals surface area contributed by atoms with E-state index in [1.165, 1.54) is 18.0 Å². The fourth-order valence-corrected chi connectivity index (χ4v) is 3.40. The fourth-order valence-electron chi connectivity index (χ4n) is 2.41. The Bertz CT molecular complexity index is 1020. The van der Waals surface area contributed by atoms with Crippen molar-refractivity contribution in [2.24, 2.45) is 5.10 Å². The summed E-state index contributed by atoms with van der Waals surface area (Å²) in [5.74, 6) is 0.655. The average molecular weight is 471 g/mol. The van der Waals surface area contributed by atoms with Gasteiger partial charge in [-0.2, -0.15) is 5.10 Å². The SMILES string of the molecule is C=C(C)Cn1c(SCC(=O)N/N=C/c2ccccn2)nnc1-c1ccc(Br)cc1. The van der Waals surface area contributed by atoms with Crippen LogP contribution in [0.3, 0.4) is 0 Å². The van der Waals surface area contributed by atoms with Gasteiger partial charge in [0, 0.05) is 22.8 Å². The molecule has 2 aromatic heterocycles. The Morgan fingerprint density at radius 1 is 1.28 bits per heavy atom. The highest BCUT2D eigenvalue weighted by atomic mass is 79.9. The quantitative estimate of drug-likeness (QED) is 0.233. The molecule has 0 saturated heterocycles. The van der Waals surface area contributed by atoms with Gasteiger partial charge in [0.05, 0.1) is 17.7 Å². The molecule has 29 heavy (non-hydrogen) atoms. The second-order valence-electron chi connectivity index (χ2n) is 6.19. The van der Waals surface area contributed by atoms with Crippen molar-refractivity contribution in [3.8, 4) is 11.4 Å². The molecule has 3 aromatic rings. The summed E-state index contributed by atoms with van der Waals surface area (Å²) in [7, 11) is 0. The molecule has 2 heterocycles. The van der Waals surface area contributed by atoms with Crippen LogP contribution in [0.15, 0.2) is 75.5 Å². The molecule has 0 bridgehead atoms. The van der Waals surface area contributed by atoms with Crippen LogP contribution < -0.4 is 5.43 Å². The lowest BCUT2D eigenvalue weighted by molar-refractivity contribution is -0.118. The Morgan fingerprint density at radius 2 is 2.07 bits per heavy atom. The number of hydrogen-bond acceptors (Lipinski definition) is 6. The largest absolute Gasteiger partial charge is 0.298 e. The maximum Gasteiger partial charge on any atom is 0.250 e. The Kier molecular flexibility index (Phi) is 7.31. The number of allylic oxidation sites excluding steroid dienone is 1. The third-order valence-electron chi connectivity index (χ3n) is 3.65. The van der Waals surface area contributed by atoms with Gasteiger partial charge in [0.2, 0.25) is 0 Å². The lowest BCUT2D eigenvalue weighted by atomic mass is 10.2. The van der Waals surface area contributed by atoms with Gasteiger partial charge in [0.15, 0.2) is 11.0 Å². The molecule has 0 spiro atoms. The molecular weight excluding hydrogens is 452 g/mol. The maximum absolute atomic E-state index is 12.1. The zero-order valence-electron chi connectivity index (χ0n) is 15.7. The highest BCUT2D eigenvalue weighted by Gasteiger charge is 2.15. The number of thioether (sulfide) groups is 1. The van der Waals surface area contributed by atoms with Crippen LogP contribution in [0, 0.1) is 0 Å². The number of hydrazone groups is 1. The van der Waals surface area contributed by atoms with Gasteiger partial charge in [0.1, 0.15) is 0 Å². The predicted molar refractivity (Wildman–Crippen MR) is 119 cm³/mol. The van der Waals surface area contributed by atoms with Crippen molar-refractivity contribution < 1.29 is 4.79 Å². The van der Waals surface area contributed by atoms with E-state index in [0.717, 1.165) is 21.4 Å². The molecule has 0 fully saturated rings. The lowest BCUT2D eigenvalue weighted by Crippen LogP contribution is -2.20. The topological polar surface area (TPSA) is 85.1 Å². The van der Waals surface area contributed by atoms with E-state index in [0.29, 0.717) is 17.4 Å². The number of carbonyl (C=O) groups excluding carboxylic acids is 1. The summed E-state index contributed by atoms with van der Waals surface area (Å²) >= 11 is 4.74. The van der Waals surface area contributed by atoms with E-state index < -0.39 is 0 Å². The molecule has 0 aliphatic heterocycles. The monoisotopic (exact) mass is 470 g/mol. The van der Waals surface area contributed by atoms with Crippen LogP contribution in [0.4, 0.5) is 0 Å². The summed E-state index contributed by atoms with van der Waals surface area (Å²) in [6.45, 7) is 6.50. The van der Waals surface area contributed by atoms with Gasteiger partial charge in [-0.15, -0.1) is 10.2 Å². The van der Waals surface area contributed by atoms with Crippen molar-refractivity contribution in [1.29, 1.82) is 0 Å². The maximum atomic E-state index is 12.1. The summed E-state index contributed by atoms with van der Waals surface area (Å²) in [6, 6.07) is 13.3. The number of halogens is 1. The number of carbonyl (C=O) groups is 1. The van der Waals surface area contributed by atoms with Crippen molar-refractivity contribution in [1.82, 2.24) is 25.2 Å². The van der Waals surface area contributed by atoms with Crippen molar-refractivity contribution in [3.05, 3.63) is 71.0 Å². The van der Waals surface area contributed by atoms with Gasteiger partial charge in [-0.1, -0.05) is 58.0 Å². The van der Waals surface area contributed by atoms with E-state index in [2.05, 4.69) is 48.2 Å². The van der Waals surface area contributed by atoms with Gasteiger partial charge in [0.25, 0.3) is 5.91 Å². The highest BCUT2D eigenvalue weighted by molar-refractivity contribution is 9.10. The molecule has 7 nitrogen and oxygen atoms in total. The molecule has 0 atom stereocenters. The first-order valence-electron chi connectivity index (χ1n) is 8.72. The van der Waals surface area contributed by atoms with E-state index in [9.17, 15) is 4.79 Å². The Morgan fingerprint density at radius 3 is 2.76 bits per heavy atom. The summed E-state index contributed by atoms with van der Waals surface area (Å²) in [5, 5.41) is 13.1. The van der Waals surface area contributed by atoms with Crippen LogP contribution in [0.5, 0.6) is 0 Å². The number of nitrogens with one attached hydrogen (secondary N) is 1. The van der Waals surface area contributed by atoms with Gasteiger partial charge < -0.3 is 0 Å². The minimum absolute atomic E-state index is 0.161. The Balaban J connectivity index is 1.66. The van der Waals surface area contributed by atoms with Gasteiger partial charge >= 0.3 is 0 Å². The molecule has 1 aromatic carbocycles. The molecule has 0 unspecified atom stereocenters. The zero-order chi connectivity index (χ0) is 20.6. The van der Waals surface area contributed by atoms with Crippen LogP contribution in [0.1, 0.15) is 12.6 Å². The van der Waals surface area contributed by atoms with Crippen molar-refractivity contribution in [3.63, 3.8) is 0 Å². The third kappa shape index (κ3) is 6.10. The number of nitrogens with zero attached hydrogens (tertiary/aromatic N) is 5. The van der Waals surface area contributed by atoms with Crippen molar-refractivity contribution >= 4 is 39.8 Å². The van der Waals surface area contributed by atoms with Crippen LogP contribution in [-0.4, -0.2) is 37.6 Å². The Hall–Kier alpha value is -2.78. The van der Waals surface area contributed by atoms with E-state index in [1.807, 2.05) is 47.9 Å². The second-order valence-corrected chi connectivity index (χ2v) is 8.05. The summed E-state index contributed by atoms with van der Waals surface area (Å²) < 4.78 is 2.95. The van der Waals surface area contributed by atoms with Crippen LogP contribution >= 0.6 is 27.7 Å². The molecule has 0 radical (unpaired) electrons. The molecule has 1 N–H and O–H groups in total. The number of rotatable bonds is 8. The molecule has 9 heteroatoms. The van der Waals surface area contributed by atoms with E-state index in [1.54, 1.807) is 12.3 Å². The van der Waals surface area contributed by atoms with Crippen molar-refractivity contribution in [2.75, 3.05) is 5.75 Å². The van der Waals surface area contributed by atoms with Crippen LogP contribution in [0.2, 0.25) is 0 Å². The predicted octanol–water partition coefficient (Wildman–Crippen LogP) is 3.92. The molecule has 0 aliphatic carbocycles. The third-order valence-corrected chi connectivity index (χ3v) is 5.15. The first-order valence-corrected chi connectivity index (χ1v) is 10.5. The minimum Gasteiger partial charge on any atom is -0.298 e. The number of benzene rings is 1. The smallest absolute Gasteiger partial charge is 0.250 e. The standard InChI is InChI=1S/C20H19BrN6OS/c1-14(2)12-27-19(15-6-8-16(21)9-7-15)25-26-20(27)29-13-18(28)24-23-11-17-5-3-4-10-22-17/h3-11H,1,12-13H2,2H3,(H,24,28)/b23-11+. The van der Waals surface area contributed by atoms with E-state index in [4.69, 9.17) is 0 Å². The number of hydrogen-bond donors (Lipinski definition) is 1. The number of amides is 1. The first kappa shape index (κ1) is 20.9. The summed E-state index contributed by atoms with van der Waals surface area (Å²) in [4.78, 5) is 16.2. The molecule has 3 rings (SSSR count). The zero-order valence-corrected chi connectivity index (χ0v) is 18.2. The fraction of sp³-hybridized carbons (Fsp3) is 0.150. The summed E-state index contributed by atoms with van der Waals surface area (Å²) in [5.41, 5.74) is 5.07. The van der Waals surface area contributed by atoms with E-state index in [-0.39, 0.29) is 11.7 Å². The average Bonchev–Trinajstić information content (AvgIpc) is 3.09. The van der Waals surface area contributed by atoms with Crippen LogP contribution in [-0.2, 0) is 11.3 Å². The van der Waals surface area contributed by atoms with Gasteiger partial charge in [-0.3, -0.25) is 14.3 Å². The first-order chi connectivity index (χ1) is 14.0. The van der Waals surface area contributed by atoms with Crippen molar-refractivity contribution in [2.45, 2.75) is 18.6 Å². The van der Waals surface area contributed by atoms with Gasteiger partial charge in [-0.25, -0.2) is 5.43 Å². The molecule has 0 aliphatic rings. The number of aromatic nitrogens is 4. The Labute approximate surface area is 181 Å². The number of pyridine rings is 1. The highest BCUT2D eigenvalue weighted by Crippen LogP contribution is 2.26. The molecular formula is C20H19BrN6OS. The molecule has 0 saturated carbocycles. The normalized spacial score (nSPS) is 11.0. The second kappa shape index (κ2) is 10.1. The lowest BCUT2D eigenvalue weighted by Gasteiger charge is -2.10. The van der Waals surface area contributed by atoms with Crippen LogP contribution in [0.25, 0.3) is 11.4 Å². The molecule has 1 amide bonds. The summed E-state index contributed by atoms with van der Waals surface area (Å²) in [6.07, 6.45) is 3.16. The van der Waals surface area contributed by atoms with Gasteiger partial charge in [-0.05, 0) is 31.2 Å². The molecule has 148 valence electrons. The van der Waals surface area contributed by atoms with E-state index >= 15 is 0 Å². The minimum atomic E-state index is -0.239.